The number of hydrogen-bond donors (Lipinski definition) is 0. The molecule has 1 heteroatoms. The molecule has 3 rings (SSSR count). The number of ether oxygens (including phenoxy) is 1. The molecule has 0 aromatic carbocycles. The summed E-state index contributed by atoms with van der Waals surface area (Å²) in [5.41, 5.74) is 0.537. The van der Waals surface area contributed by atoms with Gasteiger partial charge in [-0.2, -0.15) is 0 Å². The Labute approximate surface area is 99.9 Å². The van der Waals surface area contributed by atoms with Gasteiger partial charge in [0.05, 0.1) is 12.2 Å². The van der Waals surface area contributed by atoms with Crippen molar-refractivity contribution in [3.63, 3.8) is 0 Å². The minimum absolute atomic E-state index is 0.537. The minimum Gasteiger partial charge on any atom is -0.370 e. The molecule has 2 saturated carbocycles. The van der Waals surface area contributed by atoms with Gasteiger partial charge in [0.15, 0.2) is 0 Å². The van der Waals surface area contributed by atoms with E-state index in [0.29, 0.717) is 17.6 Å². The van der Waals surface area contributed by atoms with Crippen LogP contribution in [0.3, 0.4) is 0 Å². The molecule has 1 heterocycles. The highest BCUT2D eigenvalue weighted by Gasteiger charge is 2.51. The van der Waals surface area contributed by atoms with Gasteiger partial charge in [0.25, 0.3) is 0 Å². The highest BCUT2D eigenvalue weighted by molar-refractivity contribution is 5.00. The zero-order valence-electron chi connectivity index (χ0n) is 10.9. The molecule has 3 fully saturated rings. The van der Waals surface area contributed by atoms with E-state index < -0.39 is 0 Å². The van der Waals surface area contributed by atoms with Crippen LogP contribution in [0.1, 0.15) is 65.2 Å². The lowest BCUT2D eigenvalue weighted by Gasteiger charge is -2.39. The molecule has 0 aromatic rings. The van der Waals surface area contributed by atoms with Gasteiger partial charge in [0.1, 0.15) is 0 Å². The van der Waals surface area contributed by atoms with Crippen LogP contribution in [0.15, 0.2) is 0 Å². The average Bonchev–Trinajstić information content (AvgIpc) is 2.96. The van der Waals surface area contributed by atoms with Crippen LogP contribution < -0.4 is 0 Å². The molecule has 0 N–H and O–H groups in total. The largest absolute Gasteiger partial charge is 0.370 e. The molecule has 92 valence electrons. The Morgan fingerprint density at radius 3 is 2.56 bits per heavy atom. The van der Waals surface area contributed by atoms with Crippen LogP contribution in [0, 0.1) is 17.3 Å². The number of rotatable bonds is 2. The van der Waals surface area contributed by atoms with Gasteiger partial charge < -0.3 is 4.74 Å². The van der Waals surface area contributed by atoms with E-state index in [1.807, 2.05) is 0 Å². The Bertz CT molecular complexity index is 252. The molecule has 1 aliphatic heterocycles. The predicted molar refractivity (Wildman–Crippen MR) is 66.4 cm³/mol. The van der Waals surface area contributed by atoms with Crippen molar-refractivity contribution < 1.29 is 4.74 Å². The van der Waals surface area contributed by atoms with E-state index in [4.69, 9.17) is 4.74 Å². The molecule has 0 amide bonds. The zero-order chi connectivity index (χ0) is 11.2. The molecule has 1 nitrogen and oxygen atoms in total. The van der Waals surface area contributed by atoms with E-state index >= 15 is 0 Å². The molecule has 0 spiro atoms. The van der Waals surface area contributed by atoms with Gasteiger partial charge in [0, 0.05) is 0 Å². The first-order valence-corrected chi connectivity index (χ1v) is 7.30. The van der Waals surface area contributed by atoms with Crippen molar-refractivity contribution >= 4 is 0 Å². The SMILES string of the molecule is CC1(C)CC2OC2CC1CC1CCCCC1. The second-order valence-corrected chi connectivity index (χ2v) is 7.08. The summed E-state index contributed by atoms with van der Waals surface area (Å²) < 4.78 is 5.73. The van der Waals surface area contributed by atoms with Gasteiger partial charge in [-0.1, -0.05) is 46.0 Å². The maximum Gasteiger partial charge on any atom is 0.0847 e. The van der Waals surface area contributed by atoms with Crippen molar-refractivity contribution in [3.05, 3.63) is 0 Å². The fraction of sp³-hybridized carbons (Fsp3) is 1.00. The van der Waals surface area contributed by atoms with Crippen LogP contribution in [0.25, 0.3) is 0 Å². The standard InChI is InChI=1S/C15H26O/c1-15(2)10-14-13(16-14)9-12(15)8-11-6-4-3-5-7-11/h11-14H,3-10H2,1-2H3. The second-order valence-electron chi connectivity index (χ2n) is 7.08. The van der Waals surface area contributed by atoms with Crippen LogP contribution in [-0.4, -0.2) is 12.2 Å². The van der Waals surface area contributed by atoms with E-state index in [1.54, 1.807) is 0 Å². The first-order chi connectivity index (χ1) is 7.65. The summed E-state index contributed by atoms with van der Waals surface area (Å²) in [7, 11) is 0. The molecule has 0 radical (unpaired) electrons. The first-order valence-electron chi connectivity index (χ1n) is 7.30. The van der Waals surface area contributed by atoms with Crippen LogP contribution in [0.2, 0.25) is 0 Å². The Hall–Kier alpha value is -0.0400. The van der Waals surface area contributed by atoms with Crippen LogP contribution in [0.5, 0.6) is 0 Å². The molecule has 16 heavy (non-hydrogen) atoms. The summed E-state index contributed by atoms with van der Waals surface area (Å²) >= 11 is 0. The molecule has 0 bridgehead atoms. The zero-order valence-corrected chi connectivity index (χ0v) is 10.9. The van der Waals surface area contributed by atoms with E-state index in [1.165, 1.54) is 51.4 Å². The summed E-state index contributed by atoms with van der Waals surface area (Å²) in [6, 6.07) is 0. The molecular weight excluding hydrogens is 196 g/mol. The summed E-state index contributed by atoms with van der Waals surface area (Å²) in [4.78, 5) is 0. The fourth-order valence-electron chi connectivity index (χ4n) is 4.09. The topological polar surface area (TPSA) is 12.5 Å². The monoisotopic (exact) mass is 222 g/mol. The Morgan fingerprint density at radius 1 is 1.06 bits per heavy atom. The Kier molecular flexibility index (Phi) is 2.78. The van der Waals surface area contributed by atoms with E-state index in [2.05, 4.69) is 13.8 Å². The Balaban J connectivity index is 1.59. The molecule has 3 aliphatic rings. The molecule has 1 saturated heterocycles. The van der Waals surface area contributed by atoms with E-state index in [0.717, 1.165) is 11.8 Å². The van der Waals surface area contributed by atoms with Crippen LogP contribution in [0.4, 0.5) is 0 Å². The van der Waals surface area contributed by atoms with Crippen LogP contribution >= 0.6 is 0 Å². The highest BCUT2D eigenvalue weighted by Crippen LogP contribution is 2.52. The third-order valence-corrected chi connectivity index (χ3v) is 5.38. The molecule has 3 atom stereocenters. The second kappa shape index (κ2) is 4.01. The predicted octanol–water partition coefficient (Wildman–Crippen LogP) is 4.16. The number of epoxide rings is 1. The smallest absolute Gasteiger partial charge is 0.0847 e. The van der Waals surface area contributed by atoms with Crippen molar-refractivity contribution in [1.82, 2.24) is 0 Å². The quantitative estimate of drug-likeness (QED) is 0.639. The van der Waals surface area contributed by atoms with E-state index in [-0.39, 0.29) is 0 Å². The summed E-state index contributed by atoms with van der Waals surface area (Å²) in [5, 5.41) is 0. The van der Waals surface area contributed by atoms with Crippen molar-refractivity contribution in [3.8, 4) is 0 Å². The van der Waals surface area contributed by atoms with E-state index in [9.17, 15) is 0 Å². The van der Waals surface area contributed by atoms with Crippen molar-refractivity contribution in [2.45, 2.75) is 77.4 Å². The third-order valence-electron chi connectivity index (χ3n) is 5.38. The van der Waals surface area contributed by atoms with Gasteiger partial charge in [-0.05, 0) is 36.5 Å². The molecule has 3 unspecified atom stereocenters. The van der Waals surface area contributed by atoms with Gasteiger partial charge >= 0.3 is 0 Å². The Morgan fingerprint density at radius 2 is 1.81 bits per heavy atom. The lowest BCUT2D eigenvalue weighted by atomic mass is 9.65. The van der Waals surface area contributed by atoms with Gasteiger partial charge in [0.2, 0.25) is 0 Å². The van der Waals surface area contributed by atoms with Gasteiger partial charge in [-0.25, -0.2) is 0 Å². The summed E-state index contributed by atoms with van der Waals surface area (Å²) in [6.45, 7) is 4.94. The van der Waals surface area contributed by atoms with Crippen molar-refractivity contribution in [1.29, 1.82) is 0 Å². The minimum atomic E-state index is 0.537. The van der Waals surface area contributed by atoms with Crippen molar-refractivity contribution in [2.75, 3.05) is 0 Å². The average molecular weight is 222 g/mol. The van der Waals surface area contributed by atoms with Crippen LogP contribution in [-0.2, 0) is 4.74 Å². The molecular formula is C15H26O. The molecule has 2 aliphatic carbocycles. The summed E-state index contributed by atoms with van der Waals surface area (Å²) in [6.07, 6.45) is 12.9. The summed E-state index contributed by atoms with van der Waals surface area (Å²) in [5.74, 6) is 1.97. The van der Waals surface area contributed by atoms with Gasteiger partial charge in [-0.3, -0.25) is 0 Å². The number of hydrogen-bond acceptors (Lipinski definition) is 1. The third kappa shape index (κ3) is 2.16. The first kappa shape index (κ1) is 11.1. The lowest BCUT2D eigenvalue weighted by Crippen LogP contribution is -2.33. The van der Waals surface area contributed by atoms with Crippen molar-refractivity contribution in [2.24, 2.45) is 17.3 Å². The maximum absolute atomic E-state index is 5.73. The van der Waals surface area contributed by atoms with Gasteiger partial charge in [-0.15, -0.1) is 0 Å². The lowest BCUT2D eigenvalue weighted by molar-refractivity contribution is 0.118. The highest BCUT2D eigenvalue weighted by atomic mass is 16.6. The maximum atomic E-state index is 5.73. The molecule has 0 aromatic heterocycles. The fourth-order valence-corrected chi connectivity index (χ4v) is 4.09. The number of fused-ring (bicyclic) bond motifs is 1. The normalized spacial score (nSPS) is 42.8.